The number of halogens is 5. The summed E-state index contributed by atoms with van der Waals surface area (Å²) < 4.78 is 63.1. The second-order valence-electron chi connectivity index (χ2n) is 3.74. The third kappa shape index (κ3) is 4.16. The standard InChI is InChI=1S/C11H10F5NO2/c12-10(13,6-18)5-17-9(19)7-3-1-2-4-8(7)11(14,15)16/h1-4,18H,5-6H2,(H,17,19). The SMILES string of the molecule is O=C(NCC(F)(F)CO)c1ccccc1C(F)(F)F. The molecule has 0 spiro atoms. The molecular formula is C11H10F5NO2. The van der Waals surface area contributed by atoms with Crippen molar-refractivity contribution in [1.29, 1.82) is 0 Å². The smallest absolute Gasteiger partial charge is 0.390 e. The van der Waals surface area contributed by atoms with Gasteiger partial charge in [0, 0.05) is 0 Å². The van der Waals surface area contributed by atoms with Crippen LogP contribution in [0.2, 0.25) is 0 Å². The van der Waals surface area contributed by atoms with E-state index in [4.69, 9.17) is 5.11 Å². The van der Waals surface area contributed by atoms with Crippen LogP contribution in [-0.4, -0.2) is 30.1 Å². The maximum atomic E-state index is 12.7. The molecule has 0 aliphatic carbocycles. The number of carbonyl (C=O) groups excluding carboxylic acids is 1. The van der Waals surface area contributed by atoms with E-state index in [0.717, 1.165) is 12.1 Å². The van der Waals surface area contributed by atoms with Gasteiger partial charge in [0.15, 0.2) is 0 Å². The fourth-order valence-electron chi connectivity index (χ4n) is 1.29. The lowest BCUT2D eigenvalue weighted by Gasteiger charge is -2.16. The van der Waals surface area contributed by atoms with E-state index in [1.807, 2.05) is 0 Å². The number of alkyl halides is 5. The molecule has 1 amide bonds. The largest absolute Gasteiger partial charge is 0.417 e. The van der Waals surface area contributed by atoms with Crippen LogP contribution in [0.3, 0.4) is 0 Å². The van der Waals surface area contributed by atoms with Gasteiger partial charge in [0.05, 0.1) is 17.7 Å². The molecule has 3 nitrogen and oxygen atoms in total. The first-order valence-corrected chi connectivity index (χ1v) is 5.10. The molecule has 1 aromatic rings. The van der Waals surface area contributed by atoms with E-state index in [1.165, 1.54) is 6.07 Å². The maximum absolute atomic E-state index is 12.7. The molecule has 0 atom stereocenters. The van der Waals surface area contributed by atoms with Gasteiger partial charge in [-0.2, -0.15) is 13.2 Å². The van der Waals surface area contributed by atoms with Crippen LogP contribution in [0, 0.1) is 0 Å². The van der Waals surface area contributed by atoms with Crippen molar-refractivity contribution in [2.75, 3.05) is 13.2 Å². The molecule has 8 heteroatoms. The van der Waals surface area contributed by atoms with Crippen LogP contribution in [0.15, 0.2) is 24.3 Å². The van der Waals surface area contributed by atoms with Crippen molar-refractivity contribution in [3.05, 3.63) is 35.4 Å². The first kappa shape index (κ1) is 15.4. The summed E-state index contributed by atoms with van der Waals surface area (Å²) in [6.07, 6.45) is -4.76. The Bertz CT molecular complexity index is 459. The minimum Gasteiger partial charge on any atom is -0.390 e. The number of amides is 1. The van der Waals surface area contributed by atoms with Crippen molar-refractivity contribution in [3.8, 4) is 0 Å². The second kappa shape index (κ2) is 5.52. The zero-order valence-corrected chi connectivity index (χ0v) is 9.47. The van der Waals surface area contributed by atoms with E-state index in [-0.39, 0.29) is 0 Å². The Morgan fingerprint density at radius 3 is 2.26 bits per heavy atom. The van der Waals surface area contributed by atoms with E-state index in [2.05, 4.69) is 0 Å². The summed E-state index contributed by atoms with van der Waals surface area (Å²) in [4.78, 5) is 11.4. The van der Waals surface area contributed by atoms with Crippen molar-refractivity contribution >= 4 is 5.91 Å². The summed E-state index contributed by atoms with van der Waals surface area (Å²) in [5.41, 5.74) is -1.96. The molecule has 0 aliphatic heterocycles. The number of benzene rings is 1. The molecule has 1 rings (SSSR count). The van der Waals surface area contributed by atoms with Gasteiger partial charge in [0.2, 0.25) is 0 Å². The number of carbonyl (C=O) groups is 1. The zero-order chi connectivity index (χ0) is 14.7. The Balaban J connectivity index is 2.90. The summed E-state index contributed by atoms with van der Waals surface area (Å²) in [5.74, 6) is -4.86. The van der Waals surface area contributed by atoms with Crippen molar-refractivity contribution in [2.45, 2.75) is 12.1 Å². The quantitative estimate of drug-likeness (QED) is 0.831. The van der Waals surface area contributed by atoms with Crippen LogP contribution < -0.4 is 5.32 Å². The van der Waals surface area contributed by atoms with E-state index in [0.29, 0.717) is 6.07 Å². The van der Waals surface area contributed by atoms with Gasteiger partial charge in [0.1, 0.15) is 6.61 Å². The number of aliphatic hydroxyl groups excluding tert-OH is 1. The molecule has 0 aromatic heterocycles. The van der Waals surface area contributed by atoms with Gasteiger partial charge >= 0.3 is 6.18 Å². The van der Waals surface area contributed by atoms with E-state index in [9.17, 15) is 26.7 Å². The van der Waals surface area contributed by atoms with Crippen molar-refractivity contribution in [3.63, 3.8) is 0 Å². The van der Waals surface area contributed by atoms with Gasteiger partial charge in [-0.05, 0) is 12.1 Å². The number of nitrogens with one attached hydrogen (secondary N) is 1. The molecule has 106 valence electrons. The molecular weight excluding hydrogens is 273 g/mol. The normalized spacial score (nSPS) is 12.3. The van der Waals surface area contributed by atoms with Crippen LogP contribution in [0.5, 0.6) is 0 Å². The minimum atomic E-state index is -4.76. The lowest BCUT2D eigenvalue weighted by Crippen LogP contribution is -2.39. The van der Waals surface area contributed by atoms with Gasteiger partial charge < -0.3 is 10.4 Å². The van der Waals surface area contributed by atoms with Gasteiger partial charge in [-0.1, -0.05) is 12.1 Å². The lowest BCUT2D eigenvalue weighted by atomic mass is 10.1. The average molecular weight is 283 g/mol. The summed E-state index contributed by atoms with van der Waals surface area (Å²) in [5, 5.41) is 9.93. The molecule has 0 saturated carbocycles. The summed E-state index contributed by atoms with van der Waals surface area (Å²) in [7, 11) is 0. The molecule has 1 aromatic carbocycles. The Morgan fingerprint density at radius 1 is 1.16 bits per heavy atom. The molecule has 19 heavy (non-hydrogen) atoms. The first-order valence-electron chi connectivity index (χ1n) is 5.10. The van der Waals surface area contributed by atoms with Gasteiger partial charge in [-0.25, -0.2) is 8.78 Å². The van der Waals surface area contributed by atoms with Gasteiger partial charge in [0.25, 0.3) is 11.8 Å². The topological polar surface area (TPSA) is 49.3 Å². The number of hydrogen-bond donors (Lipinski definition) is 2. The Labute approximate surface area is 105 Å². The Hall–Kier alpha value is -1.70. The van der Waals surface area contributed by atoms with E-state index in [1.54, 1.807) is 5.32 Å². The van der Waals surface area contributed by atoms with Crippen LogP contribution in [0.25, 0.3) is 0 Å². The predicted octanol–water partition coefficient (Wildman–Crippen LogP) is 2.06. The molecule has 0 radical (unpaired) electrons. The summed E-state index contributed by atoms with van der Waals surface area (Å²) >= 11 is 0. The predicted molar refractivity (Wildman–Crippen MR) is 55.8 cm³/mol. The Morgan fingerprint density at radius 2 is 1.74 bits per heavy atom. The second-order valence-corrected chi connectivity index (χ2v) is 3.74. The zero-order valence-electron chi connectivity index (χ0n) is 9.47. The lowest BCUT2D eigenvalue weighted by molar-refractivity contribution is -0.137. The number of rotatable bonds is 4. The average Bonchev–Trinajstić information content (AvgIpc) is 2.35. The van der Waals surface area contributed by atoms with Gasteiger partial charge in [-0.15, -0.1) is 0 Å². The van der Waals surface area contributed by atoms with Crippen LogP contribution >= 0.6 is 0 Å². The Kier molecular flexibility index (Phi) is 4.46. The molecule has 0 aliphatic rings. The van der Waals surface area contributed by atoms with Crippen molar-refractivity contribution < 1.29 is 31.9 Å². The highest BCUT2D eigenvalue weighted by molar-refractivity contribution is 5.95. The highest BCUT2D eigenvalue weighted by atomic mass is 19.4. The van der Waals surface area contributed by atoms with Gasteiger partial charge in [-0.3, -0.25) is 4.79 Å². The van der Waals surface area contributed by atoms with Crippen LogP contribution in [0.4, 0.5) is 22.0 Å². The molecule has 0 fully saturated rings. The molecule has 0 bridgehead atoms. The fourth-order valence-corrected chi connectivity index (χ4v) is 1.29. The first-order chi connectivity index (χ1) is 8.67. The molecule has 0 saturated heterocycles. The van der Waals surface area contributed by atoms with Crippen molar-refractivity contribution in [1.82, 2.24) is 5.32 Å². The fraction of sp³-hybridized carbons (Fsp3) is 0.364. The van der Waals surface area contributed by atoms with Crippen molar-refractivity contribution in [2.24, 2.45) is 0 Å². The molecule has 0 heterocycles. The minimum absolute atomic E-state index is 0.680. The summed E-state index contributed by atoms with van der Waals surface area (Å²) in [6, 6.07) is 3.84. The van der Waals surface area contributed by atoms with E-state index < -0.39 is 42.3 Å². The number of hydrogen-bond acceptors (Lipinski definition) is 2. The number of aliphatic hydroxyl groups is 1. The summed E-state index contributed by atoms with van der Waals surface area (Å²) in [6.45, 7) is -2.75. The third-order valence-electron chi connectivity index (χ3n) is 2.22. The monoisotopic (exact) mass is 283 g/mol. The molecule has 0 unspecified atom stereocenters. The highest BCUT2D eigenvalue weighted by Gasteiger charge is 2.35. The maximum Gasteiger partial charge on any atom is 0.417 e. The van der Waals surface area contributed by atoms with Crippen LogP contribution in [0.1, 0.15) is 15.9 Å². The van der Waals surface area contributed by atoms with E-state index >= 15 is 0 Å². The van der Waals surface area contributed by atoms with Crippen LogP contribution in [-0.2, 0) is 6.18 Å². The third-order valence-corrected chi connectivity index (χ3v) is 2.22. The molecule has 2 N–H and O–H groups in total. The highest BCUT2D eigenvalue weighted by Crippen LogP contribution is 2.31.